The maximum Gasteiger partial charge on any atom is 0.283 e. The molecule has 0 atom stereocenters. The van der Waals surface area contributed by atoms with Crippen molar-refractivity contribution < 1.29 is 4.79 Å². The van der Waals surface area contributed by atoms with Gasteiger partial charge in [-0.15, -0.1) is 22.7 Å². The van der Waals surface area contributed by atoms with Crippen LogP contribution in [-0.4, -0.2) is 10.9 Å². The minimum atomic E-state index is -0.462. The lowest BCUT2D eigenvalue weighted by atomic mass is 10.4. The van der Waals surface area contributed by atoms with Gasteiger partial charge in [0.1, 0.15) is 10.7 Å². The van der Waals surface area contributed by atoms with Crippen LogP contribution in [0.3, 0.4) is 0 Å². The molecule has 2 aromatic rings. The molecule has 0 aromatic carbocycles. The molecule has 2 aromatic heterocycles. The van der Waals surface area contributed by atoms with Crippen molar-refractivity contribution in [1.82, 2.24) is 10.3 Å². The van der Waals surface area contributed by atoms with Crippen LogP contribution in [0.15, 0.2) is 22.9 Å². The van der Waals surface area contributed by atoms with Crippen LogP contribution < -0.4 is 5.32 Å². The lowest BCUT2D eigenvalue weighted by molar-refractivity contribution is 0.0969. The van der Waals surface area contributed by atoms with Gasteiger partial charge in [-0.25, -0.2) is 4.98 Å². The zero-order valence-electron chi connectivity index (χ0n) is 7.43. The smallest absolute Gasteiger partial charge is 0.266 e. The highest BCUT2D eigenvalue weighted by molar-refractivity contribution is 7.20. The van der Waals surface area contributed by atoms with Crippen LogP contribution >= 0.6 is 22.7 Å². The van der Waals surface area contributed by atoms with Crippen LogP contribution in [0.1, 0.15) is 10.5 Å². The number of nitrogens with one attached hydrogen (secondary N) is 1. The summed E-state index contributed by atoms with van der Waals surface area (Å²) in [5.41, 5.74) is 0.282. The summed E-state index contributed by atoms with van der Waals surface area (Å²) in [6.07, 6.45) is 1.58. The van der Waals surface area contributed by atoms with Crippen LogP contribution in [0.25, 0.3) is 9.88 Å². The Bertz CT molecular complexity index is 510. The largest absolute Gasteiger partial charge is 0.283 e. The number of hydrogen-bond donors (Lipinski definition) is 1. The second kappa shape index (κ2) is 4.21. The molecule has 0 bridgehead atoms. The first-order valence-corrected chi connectivity index (χ1v) is 5.76. The van der Waals surface area contributed by atoms with Gasteiger partial charge < -0.3 is 0 Å². The van der Waals surface area contributed by atoms with E-state index in [4.69, 9.17) is 5.26 Å². The van der Waals surface area contributed by atoms with E-state index in [1.54, 1.807) is 22.9 Å². The van der Waals surface area contributed by atoms with E-state index in [0.29, 0.717) is 0 Å². The quantitative estimate of drug-likeness (QED) is 0.640. The van der Waals surface area contributed by atoms with Gasteiger partial charge in [0.15, 0.2) is 6.19 Å². The molecular formula is C9H5N3OS2. The van der Waals surface area contributed by atoms with Gasteiger partial charge in [0.25, 0.3) is 5.91 Å². The van der Waals surface area contributed by atoms with Gasteiger partial charge in [-0.1, -0.05) is 6.07 Å². The van der Waals surface area contributed by atoms with Crippen molar-refractivity contribution >= 4 is 28.6 Å². The molecule has 0 aliphatic carbocycles. The Morgan fingerprint density at radius 2 is 2.40 bits per heavy atom. The molecule has 0 radical (unpaired) electrons. The number of nitriles is 1. The van der Waals surface area contributed by atoms with Crippen molar-refractivity contribution in [3.63, 3.8) is 0 Å². The number of carbonyl (C=O) groups is 1. The van der Waals surface area contributed by atoms with Crippen molar-refractivity contribution in [3.05, 3.63) is 28.6 Å². The molecule has 1 amide bonds. The van der Waals surface area contributed by atoms with E-state index in [0.717, 1.165) is 9.88 Å². The summed E-state index contributed by atoms with van der Waals surface area (Å²) in [4.78, 5) is 16.4. The molecule has 0 spiro atoms. The van der Waals surface area contributed by atoms with Crippen molar-refractivity contribution in [1.29, 1.82) is 5.26 Å². The van der Waals surface area contributed by atoms with E-state index in [9.17, 15) is 4.79 Å². The lowest BCUT2D eigenvalue weighted by Gasteiger charge is -1.89. The number of amides is 1. The Morgan fingerprint density at radius 3 is 3.07 bits per heavy atom. The van der Waals surface area contributed by atoms with Crippen molar-refractivity contribution in [2.75, 3.05) is 0 Å². The predicted octanol–water partition coefficient (Wildman–Crippen LogP) is 2.08. The molecule has 1 N–H and O–H groups in total. The molecule has 0 saturated carbocycles. The Labute approximate surface area is 93.8 Å². The number of nitrogens with zero attached hydrogens (tertiary/aromatic N) is 2. The van der Waals surface area contributed by atoms with Gasteiger partial charge in [-0.05, 0) is 11.4 Å². The third-order valence-electron chi connectivity index (χ3n) is 1.64. The van der Waals surface area contributed by atoms with Gasteiger partial charge >= 0.3 is 0 Å². The average molecular weight is 235 g/mol. The first kappa shape index (κ1) is 9.83. The Kier molecular flexibility index (Phi) is 2.76. The van der Waals surface area contributed by atoms with Crippen LogP contribution in [-0.2, 0) is 0 Å². The van der Waals surface area contributed by atoms with Gasteiger partial charge in [-0.2, -0.15) is 5.26 Å². The second-order valence-electron chi connectivity index (χ2n) is 2.58. The number of hydrogen-bond acceptors (Lipinski definition) is 5. The molecule has 0 fully saturated rings. The summed E-state index contributed by atoms with van der Waals surface area (Å²) in [5, 5.41) is 14.7. The molecule has 6 heteroatoms. The molecule has 2 rings (SSSR count). The minimum Gasteiger partial charge on any atom is -0.266 e. The van der Waals surface area contributed by atoms with Gasteiger partial charge in [0.05, 0.1) is 4.88 Å². The number of aromatic nitrogens is 1. The molecule has 4 nitrogen and oxygen atoms in total. The van der Waals surface area contributed by atoms with Crippen molar-refractivity contribution in [2.45, 2.75) is 0 Å². The normalized spacial score (nSPS) is 9.53. The van der Waals surface area contributed by atoms with E-state index in [-0.39, 0.29) is 5.69 Å². The summed E-state index contributed by atoms with van der Waals surface area (Å²) in [7, 11) is 0. The zero-order valence-corrected chi connectivity index (χ0v) is 9.06. The van der Waals surface area contributed by atoms with E-state index in [1.165, 1.54) is 11.3 Å². The molecule has 15 heavy (non-hydrogen) atoms. The van der Waals surface area contributed by atoms with Gasteiger partial charge in [-0.3, -0.25) is 10.1 Å². The highest BCUT2D eigenvalue weighted by Gasteiger charge is 2.11. The van der Waals surface area contributed by atoms with E-state index in [1.807, 2.05) is 22.8 Å². The SMILES string of the molecule is N#CNC(=O)c1csc(-c2cccs2)n1. The first-order chi connectivity index (χ1) is 7.31. The highest BCUT2D eigenvalue weighted by Crippen LogP contribution is 2.27. The molecule has 0 aliphatic rings. The second-order valence-corrected chi connectivity index (χ2v) is 4.39. The molecule has 0 unspecified atom stereocenters. The summed E-state index contributed by atoms with van der Waals surface area (Å²) in [6.45, 7) is 0. The number of thiophene rings is 1. The number of thiazole rings is 1. The first-order valence-electron chi connectivity index (χ1n) is 4.00. The maximum absolute atomic E-state index is 11.2. The van der Waals surface area contributed by atoms with Crippen LogP contribution in [0.2, 0.25) is 0 Å². The summed E-state index contributed by atoms with van der Waals surface area (Å²) >= 11 is 2.96. The maximum atomic E-state index is 11.2. The lowest BCUT2D eigenvalue weighted by Crippen LogP contribution is -2.17. The standard InChI is InChI=1S/C9H5N3OS2/c10-5-11-8(13)6-4-15-9(12-6)7-2-1-3-14-7/h1-4H,(H,11,13). The molecule has 0 saturated heterocycles. The van der Waals surface area contributed by atoms with Crippen molar-refractivity contribution in [2.24, 2.45) is 0 Å². The Balaban J connectivity index is 2.26. The number of rotatable bonds is 2. The zero-order chi connectivity index (χ0) is 10.7. The van der Waals surface area contributed by atoms with Crippen LogP contribution in [0.5, 0.6) is 0 Å². The average Bonchev–Trinajstić information content (AvgIpc) is 2.89. The minimum absolute atomic E-state index is 0.282. The van der Waals surface area contributed by atoms with E-state index in [2.05, 4.69) is 4.98 Å². The summed E-state index contributed by atoms with van der Waals surface area (Å²) in [6, 6.07) is 3.87. The topological polar surface area (TPSA) is 65.8 Å². The Hall–Kier alpha value is -1.71. The Morgan fingerprint density at radius 1 is 1.53 bits per heavy atom. The van der Waals surface area contributed by atoms with E-state index < -0.39 is 5.91 Å². The molecule has 74 valence electrons. The fourth-order valence-electron chi connectivity index (χ4n) is 1.01. The predicted molar refractivity (Wildman–Crippen MR) is 58.5 cm³/mol. The molecular weight excluding hydrogens is 230 g/mol. The molecule has 0 aliphatic heterocycles. The summed E-state index contributed by atoms with van der Waals surface area (Å²) in [5.74, 6) is -0.462. The highest BCUT2D eigenvalue weighted by atomic mass is 32.1. The van der Waals surface area contributed by atoms with Crippen LogP contribution in [0.4, 0.5) is 0 Å². The van der Waals surface area contributed by atoms with Gasteiger partial charge in [0, 0.05) is 5.38 Å². The molecule has 2 heterocycles. The number of carbonyl (C=O) groups excluding carboxylic acids is 1. The van der Waals surface area contributed by atoms with E-state index >= 15 is 0 Å². The van der Waals surface area contributed by atoms with Gasteiger partial charge in [0.2, 0.25) is 0 Å². The third-order valence-corrected chi connectivity index (χ3v) is 3.52. The fraction of sp³-hybridized carbons (Fsp3) is 0. The third kappa shape index (κ3) is 2.03. The van der Waals surface area contributed by atoms with Crippen molar-refractivity contribution in [3.8, 4) is 16.1 Å². The fourth-order valence-corrected chi connectivity index (χ4v) is 2.62. The van der Waals surface area contributed by atoms with Crippen LogP contribution in [0, 0.1) is 11.5 Å². The summed E-state index contributed by atoms with van der Waals surface area (Å²) < 4.78 is 0. The monoisotopic (exact) mass is 235 g/mol.